The number of halogens is 1. The molecule has 0 spiro atoms. The third-order valence-corrected chi connectivity index (χ3v) is 3.65. The van der Waals surface area contributed by atoms with E-state index in [-0.39, 0.29) is 12.4 Å². The van der Waals surface area contributed by atoms with E-state index in [4.69, 9.17) is 5.73 Å². The van der Waals surface area contributed by atoms with Crippen molar-refractivity contribution < 1.29 is 0 Å². The first-order chi connectivity index (χ1) is 8.83. The molecule has 0 unspecified atom stereocenters. The number of likely N-dealkylation sites (tertiary alicyclic amines) is 1. The van der Waals surface area contributed by atoms with E-state index in [1.165, 1.54) is 17.4 Å². The Morgan fingerprint density at radius 3 is 2.95 bits per heavy atom. The van der Waals surface area contributed by atoms with Crippen LogP contribution < -0.4 is 5.73 Å². The van der Waals surface area contributed by atoms with Crippen molar-refractivity contribution in [2.24, 2.45) is 5.73 Å². The number of pyridine rings is 1. The molecule has 19 heavy (non-hydrogen) atoms. The van der Waals surface area contributed by atoms with Crippen molar-refractivity contribution >= 4 is 23.3 Å². The number of aromatic nitrogens is 1. The summed E-state index contributed by atoms with van der Waals surface area (Å²) in [5.74, 6) is 0. The van der Waals surface area contributed by atoms with Crippen LogP contribution in [0.1, 0.15) is 18.4 Å². The molecular weight excluding hydrogens is 258 g/mol. The van der Waals surface area contributed by atoms with Crippen molar-refractivity contribution in [1.29, 1.82) is 0 Å². The molecule has 0 saturated carbocycles. The fourth-order valence-electron chi connectivity index (χ4n) is 2.77. The lowest BCUT2D eigenvalue weighted by Gasteiger charge is -2.30. The van der Waals surface area contributed by atoms with Gasteiger partial charge in [0.1, 0.15) is 0 Å². The Labute approximate surface area is 120 Å². The summed E-state index contributed by atoms with van der Waals surface area (Å²) in [7, 11) is 0. The van der Waals surface area contributed by atoms with Crippen LogP contribution in [0, 0.1) is 0 Å². The summed E-state index contributed by atoms with van der Waals surface area (Å²) in [6.07, 6.45) is 4.23. The summed E-state index contributed by atoms with van der Waals surface area (Å²) in [5, 5.41) is 1.22. The van der Waals surface area contributed by atoms with Crippen LogP contribution >= 0.6 is 12.4 Å². The molecule has 2 aromatic rings. The topological polar surface area (TPSA) is 42.1 Å². The van der Waals surface area contributed by atoms with Crippen molar-refractivity contribution in [3.8, 4) is 0 Å². The van der Waals surface area contributed by atoms with Crippen molar-refractivity contribution in [2.45, 2.75) is 25.4 Å². The van der Waals surface area contributed by atoms with Gasteiger partial charge in [-0.1, -0.05) is 24.3 Å². The standard InChI is InChI=1S/C15H19N3.ClH/c16-14-7-3-9-18(11-14)10-13-5-1-4-12-6-2-8-17-15(12)13;/h1-2,4-6,8,14H,3,7,9-11,16H2;1H/t14-;/m1./s1. The Hall–Kier alpha value is -1.16. The largest absolute Gasteiger partial charge is 0.327 e. The Kier molecular flexibility index (Phi) is 4.75. The second kappa shape index (κ2) is 6.33. The second-order valence-electron chi connectivity index (χ2n) is 5.13. The summed E-state index contributed by atoms with van der Waals surface area (Å²) in [4.78, 5) is 6.95. The highest BCUT2D eigenvalue weighted by Gasteiger charge is 2.17. The van der Waals surface area contributed by atoms with E-state index in [0.29, 0.717) is 6.04 Å². The molecule has 3 nitrogen and oxygen atoms in total. The molecule has 1 saturated heterocycles. The van der Waals surface area contributed by atoms with E-state index in [0.717, 1.165) is 31.6 Å². The smallest absolute Gasteiger partial charge is 0.0746 e. The molecule has 2 heterocycles. The fourth-order valence-corrected chi connectivity index (χ4v) is 2.77. The fraction of sp³-hybridized carbons (Fsp3) is 0.400. The Morgan fingerprint density at radius 2 is 2.11 bits per heavy atom. The summed E-state index contributed by atoms with van der Waals surface area (Å²) in [5.41, 5.74) is 8.47. The molecule has 102 valence electrons. The number of nitrogens with zero attached hydrogens (tertiary/aromatic N) is 2. The van der Waals surface area contributed by atoms with Crippen molar-refractivity contribution in [3.63, 3.8) is 0 Å². The lowest BCUT2D eigenvalue weighted by Crippen LogP contribution is -2.42. The minimum Gasteiger partial charge on any atom is -0.327 e. The number of fused-ring (bicyclic) bond motifs is 1. The normalized spacial score (nSPS) is 20.2. The van der Waals surface area contributed by atoms with Crippen LogP contribution in [0.2, 0.25) is 0 Å². The van der Waals surface area contributed by atoms with Crippen molar-refractivity contribution in [1.82, 2.24) is 9.88 Å². The van der Waals surface area contributed by atoms with Gasteiger partial charge in [-0.2, -0.15) is 0 Å². The number of hydrogen-bond acceptors (Lipinski definition) is 3. The van der Waals surface area contributed by atoms with Gasteiger partial charge in [-0.3, -0.25) is 9.88 Å². The molecule has 0 radical (unpaired) electrons. The van der Waals surface area contributed by atoms with Gasteiger partial charge in [-0.25, -0.2) is 0 Å². The maximum Gasteiger partial charge on any atom is 0.0746 e. The van der Waals surface area contributed by atoms with E-state index in [2.05, 4.69) is 34.1 Å². The molecule has 1 aromatic carbocycles. The van der Waals surface area contributed by atoms with Gasteiger partial charge in [0.2, 0.25) is 0 Å². The van der Waals surface area contributed by atoms with Gasteiger partial charge < -0.3 is 5.73 Å². The highest BCUT2D eigenvalue weighted by atomic mass is 35.5. The zero-order valence-corrected chi connectivity index (χ0v) is 11.8. The molecule has 1 fully saturated rings. The molecule has 0 aliphatic carbocycles. The molecule has 3 rings (SSSR count). The van der Waals surface area contributed by atoms with Gasteiger partial charge in [0.25, 0.3) is 0 Å². The molecule has 1 aliphatic rings. The van der Waals surface area contributed by atoms with Crippen LogP contribution in [-0.4, -0.2) is 29.0 Å². The summed E-state index contributed by atoms with van der Waals surface area (Å²) in [6.45, 7) is 3.11. The highest BCUT2D eigenvalue weighted by Crippen LogP contribution is 2.19. The lowest BCUT2D eigenvalue weighted by atomic mass is 10.0. The summed E-state index contributed by atoms with van der Waals surface area (Å²) in [6, 6.07) is 10.9. The third-order valence-electron chi connectivity index (χ3n) is 3.65. The molecule has 0 amide bonds. The van der Waals surface area contributed by atoms with Gasteiger partial charge in [0.15, 0.2) is 0 Å². The van der Waals surface area contributed by atoms with E-state index in [1.54, 1.807) is 0 Å². The Bertz CT molecular complexity index is 538. The predicted molar refractivity (Wildman–Crippen MR) is 81.5 cm³/mol. The highest BCUT2D eigenvalue weighted by molar-refractivity contribution is 5.85. The van der Waals surface area contributed by atoms with Crippen LogP contribution in [-0.2, 0) is 6.54 Å². The Morgan fingerprint density at radius 1 is 1.26 bits per heavy atom. The third kappa shape index (κ3) is 3.24. The molecule has 4 heteroatoms. The molecule has 0 bridgehead atoms. The minimum atomic E-state index is 0. The van der Waals surface area contributed by atoms with Gasteiger partial charge in [0.05, 0.1) is 5.52 Å². The van der Waals surface area contributed by atoms with Gasteiger partial charge in [-0.05, 0) is 31.0 Å². The lowest BCUT2D eigenvalue weighted by molar-refractivity contribution is 0.202. The molecule has 2 N–H and O–H groups in total. The van der Waals surface area contributed by atoms with Crippen LogP contribution in [0.4, 0.5) is 0 Å². The minimum absolute atomic E-state index is 0. The van der Waals surface area contributed by atoms with Crippen LogP contribution in [0.25, 0.3) is 10.9 Å². The monoisotopic (exact) mass is 277 g/mol. The van der Waals surface area contributed by atoms with E-state index >= 15 is 0 Å². The van der Waals surface area contributed by atoms with E-state index in [9.17, 15) is 0 Å². The van der Waals surface area contributed by atoms with Crippen LogP contribution in [0.3, 0.4) is 0 Å². The molecule has 1 aliphatic heterocycles. The first-order valence-corrected chi connectivity index (χ1v) is 6.63. The van der Waals surface area contributed by atoms with Crippen molar-refractivity contribution in [2.75, 3.05) is 13.1 Å². The van der Waals surface area contributed by atoms with E-state index in [1.807, 2.05) is 12.3 Å². The summed E-state index contributed by atoms with van der Waals surface area (Å²) < 4.78 is 0. The quantitative estimate of drug-likeness (QED) is 0.917. The first kappa shape index (κ1) is 14.3. The molecule has 1 atom stereocenters. The molecule has 1 aromatic heterocycles. The van der Waals surface area contributed by atoms with Crippen LogP contribution in [0.5, 0.6) is 0 Å². The average molecular weight is 278 g/mol. The summed E-state index contributed by atoms with van der Waals surface area (Å²) >= 11 is 0. The Balaban J connectivity index is 0.00000133. The number of nitrogens with two attached hydrogens (primary N) is 1. The average Bonchev–Trinajstić information content (AvgIpc) is 2.39. The maximum absolute atomic E-state index is 6.03. The zero-order valence-electron chi connectivity index (χ0n) is 11.0. The number of benzene rings is 1. The maximum atomic E-state index is 6.03. The van der Waals surface area contributed by atoms with Gasteiger partial charge in [-0.15, -0.1) is 12.4 Å². The number of piperidine rings is 1. The SMILES string of the molecule is Cl.N[C@@H]1CCCN(Cc2cccc3cccnc23)C1. The number of para-hydroxylation sites is 1. The molecular formula is C15H20ClN3. The predicted octanol–water partition coefficient (Wildman–Crippen LogP) is 2.58. The van der Waals surface area contributed by atoms with E-state index < -0.39 is 0 Å². The number of hydrogen-bond donors (Lipinski definition) is 1. The van der Waals surface area contributed by atoms with Gasteiger partial charge >= 0.3 is 0 Å². The second-order valence-corrected chi connectivity index (χ2v) is 5.13. The zero-order chi connectivity index (χ0) is 12.4. The first-order valence-electron chi connectivity index (χ1n) is 6.63. The van der Waals surface area contributed by atoms with Crippen LogP contribution in [0.15, 0.2) is 36.5 Å². The number of rotatable bonds is 2. The van der Waals surface area contributed by atoms with Crippen molar-refractivity contribution in [3.05, 3.63) is 42.1 Å². The van der Waals surface area contributed by atoms with Gasteiger partial charge in [0, 0.05) is 30.7 Å².